The lowest BCUT2D eigenvalue weighted by atomic mass is 10.1. The highest BCUT2D eigenvalue weighted by molar-refractivity contribution is 8.00. The Morgan fingerprint density at radius 2 is 1.48 bits per heavy atom. The highest BCUT2D eigenvalue weighted by Gasteiger charge is 2.18. The van der Waals surface area contributed by atoms with E-state index in [2.05, 4.69) is 10.6 Å². The first-order chi connectivity index (χ1) is 20.3. The predicted octanol–water partition coefficient (Wildman–Crippen LogP) is 4.74. The van der Waals surface area contributed by atoms with Gasteiger partial charge in [-0.1, -0.05) is 18.2 Å². The van der Waals surface area contributed by atoms with E-state index in [9.17, 15) is 19.2 Å². The van der Waals surface area contributed by atoms with Gasteiger partial charge in [-0.05, 0) is 55.5 Å². The number of Topliss-reactive ketones (excluding diaryl/α,β-unsaturated/α-hetero) is 1. The summed E-state index contributed by atoms with van der Waals surface area (Å²) in [6.45, 7) is 1.90. The molecule has 0 aliphatic carbocycles. The molecule has 0 radical (unpaired) electrons. The molecule has 2 amide bonds. The zero-order chi connectivity index (χ0) is 30.5. The molecule has 0 atom stereocenters. The van der Waals surface area contributed by atoms with Crippen molar-refractivity contribution in [2.45, 2.75) is 18.2 Å². The molecule has 0 fully saturated rings. The molecule has 3 aromatic rings. The standard InChI is InChI=1S/C31H32N2O8S/c1-5-41-29(35)17-23(34)19-42-24-13-11-22(12-14-24)32-31(37)25(33-30(36)20-9-7-6-8-10-20)15-21-16-27(39-3)28(40-4)18-26(21)38-2/h6-16,18H,5,17,19H2,1-4H3,(H,32,37)(H,33,36)/b25-15-. The van der Waals surface area contributed by atoms with Crippen LogP contribution in [-0.2, 0) is 19.1 Å². The Labute approximate surface area is 248 Å². The molecule has 3 rings (SSSR count). The van der Waals surface area contributed by atoms with Crippen molar-refractivity contribution >= 4 is 47.1 Å². The first-order valence-electron chi connectivity index (χ1n) is 12.9. The molecule has 0 aliphatic rings. The molecule has 0 aromatic heterocycles. The molecule has 0 unspecified atom stereocenters. The molecule has 11 heteroatoms. The molecule has 10 nitrogen and oxygen atoms in total. The lowest BCUT2D eigenvalue weighted by Crippen LogP contribution is -2.30. The topological polar surface area (TPSA) is 129 Å². The summed E-state index contributed by atoms with van der Waals surface area (Å²) in [5.41, 5.74) is 1.25. The van der Waals surface area contributed by atoms with E-state index in [1.54, 1.807) is 73.7 Å². The van der Waals surface area contributed by atoms with E-state index in [1.165, 1.54) is 39.2 Å². The van der Waals surface area contributed by atoms with E-state index in [0.717, 1.165) is 4.90 Å². The van der Waals surface area contributed by atoms with Gasteiger partial charge in [0.15, 0.2) is 17.3 Å². The number of anilines is 1. The van der Waals surface area contributed by atoms with Gasteiger partial charge in [0.05, 0.1) is 33.7 Å². The SMILES string of the molecule is CCOC(=O)CC(=O)CSc1ccc(NC(=O)/C(=C/c2cc(OC)c(OC)cc2OC)NC(=O)c2ccccc2)cc1. The Kier molecular flexibility index (Phi) is 12.0. The first-order valence-corrected chi connectivity index (χ1v) is 13.9. The van der Waals surface area contributed by atoms with Gasteiger partial charge in [0.2, 0.25) is 0 Å². The van der Waals surface area contributed by atoms with Gasteiger partial charge in [0.1, 0.15) is 17.9 Å². The van der Waals surface area contributed by atoms with Crippen LogP contribution in [0.3, 0.4) is 0 Å². The van der Waals surface area contributed by atoms with Crippen molar-refractivity contribution in [1.82, 2.24) is 5.32 Å². The summed E-state index contributed by atoms with van der Waals surface area (Å²) in [7, 11) is 4.46. The number of carbonyl (C=O) groups is 4. The maximum atomic E-state index is 13.4. The number of amides is 2. The van der Waals surface area contributed by atoms with Gasteiger partial charge in [-0.2, -0.15) is 0 Å². The first kappa shape index (κ1) is 31.8. The van der Waals surface area contributed by atoms with Crippen LogP contribution in [0.5, 0.6) is 17.2 Å². The highest BCUT2D eigenvalue weighted by Crippen LogP contribution is 2.35. The third-order valence-corrected chi connectivity index (χ3v) is 6.80. The number of hydrogen-bond donors (Lipinski definition) is 2. The summed E-state index contributed by atoms with van der Waals surface area (Å²) in [5.74, 6) is -0.502. The van der Waals surface area contributed by atoms with E-state index < -0.39 is 17.8 Å². The van der Waals surface area contributed by atoms with Gasteiger partial charge < -0.3 is 29.6 Å². The zero-order valence-electron chi connectivity index (χ0n) is 23.7. The van der Waals surface area contributed by atoms with Crippen molar-refractivity contribution in [1.29, 1.82) is 0 Å². The predicted molar refractivity (Wildman–Crippen MR) is 160 cm³/mol. The molecule has 0 bridgehead atoms. The smallest absolute Gasteiger partial charge is 0.313 e. The van der Waals surface area contributed by atoms with Crippen LogP contribution in [-0.4, -0.2) is 57.3 Å². The molecular weight excluding hydrogens is 560 g/mol. The van der Waals surface area contributed by atoms with Crippen LogP contribution >= 0.6 is 11.8 Å². The summed E-state index contributed by atoms with van der Waals surface area (Å²) in [4.78, 5) is 50.7. The summed E-state index contributed by atoms with van der Waals surface area (Å²) in [6, 6.07) is 18.6. The van der Waals surface area contributed by atoms with Crippen LogP contribution in [0.2, 0.25) is 0 Å². The van der Waals surface area contributed by atoms with Crippen LogP contribution < -0.4 is 24.8 Å². The third-order valence-electron chi connectivity index (χ3n) is 5.72. The molecule has 42 heavy (non-hydrogen) atoms. The van der Waals surface area contributed by atoms with Crippen molar-refractivity contribution < 1.29 is 38.1 Å². The maximum Gasteiger partial charge on any atom is 0.313 e. The molecule has 0 heterocycles. The van der Waals surface area contributed by atoms with Gasteiger partial charge in [0, 0.05) is 27.8 Å². The van der Waals surface area contributed by atoms with E-state index >= 15 is 0 Å². The van der Waals surface area contributed by atoms with Crippen molar-refractivity contribution in [3.05, 3.63) is 83.6 Å². The Balaban J connectivity index is 1.82. The minimum Gasteiger partial charge on any atom is -0.496 e. The number of hydrogen-bond acceptors (Lipinski definition) is 9. The molecule has 220 valence electrons. The minimum absolute atomic E-state index is 0.0441. The Morgan fingerprint density at radius 1 is 0.833 bits per heavy atom. The van der Waals surface area contributed by atoms with E-state index in [-0.39, 0.29) is 30.3 Å². The quantitative estimate of drug-likeness (QED) is 0.118. The molecule has 0 aliphatic heterocycles. The second-order valence-electron chi connectivity index (χ2n) is 8.61. The number of rotatable bonds is 14. The highest BCUT2D eigenvalue weighted by atomic mass is 32.2. The number of methoxy groups -OCH3 is 3. The van der Waals surface area contributed by atoms with Crippen LogP contribution in [0, 0.1) is 0 Å². The number of esters is 1. The van der Waals surface area contributed by atoms with Crippen LogP contribution in [0.15, 0.2) is 77.3 Å². The normalized spacial score (nSPS) is 10.8. The van der Waals surface area contributed by atoms with Crippen molar-refractivity contribution in [2.75, 3.05) is 39.0 Å². The third kappa shape index (κ3) is 9.13. The van der Waals surface area contributed by atoms with Gasteiger partial charge in [0.25, 0.3) is 11.8 Å². The molecular formula is C31H32N2O8S. The Hall–Kier alpha value is -4.77. The Morgan fingerprint density at radius 3 is 2.10 bits per heavy atom. The summed E-state index contributed by atoms with van der Waals surface area (Å²) in [5, 5.41) is 5.47. The van der Waals surface area contributed by atoms with Crippen molar-refractivity contribution in [2.24, 2.45) is 0 Å². The lowest BCUT2D eigenvalue weighted by Gasteiger charge is -2.15. The van der Waals surface area contributed by atoms with Gasteiger partial charge in [-0.3, -0.25) is 19.2 Å². The number of ether oxygens (including phenoxy) is 4. The van der Waals surface area contributed by atoms with E-state index in [1.807, 2.05) is 0 Å². The largest absolute Gasteiger partial charge is 0.496 e. The molecule has 0 spiro atoms. The van der Waals surface area contributed by atoms with Crippen LogP contribution in [0.1, 0.15) is 29.3 Å². The fourth-order valence-electron chi connectivity index (χ4n) is 3.68. The van der Waals surface area contributed by atoms with Gasteiger partial charge in [-0.25, -0.2) is 0 Å². The average Bonchev–Trinajstić information content (AvgIpc) is 3.00. The fraction of sp³-hybridized carbons (Fsp3) is 0.226. The molecule has 0 saturated heterocycles. The number of benzene rings is 3. The summed E-state index contributed by atoms with van der Waals surface area (Å²) in [6.07, 6.45) is 1.21. The Bertz CT molecular complexity index is 1440. The number of nitrogens with one attached hydrogen (secondary N) is 2. The molecule has 2 N–H and O–H groups in total. The second-order valence-corrected chi connectivity index (χ2v) is 9.66. The summed E-state index contributed by atoms with van der Waals surface area (Å²) < 4.78 is 21.0. The molecule has 0 saturated carbocycles. The van der Waals surface area contributed by atoms with Crippen LogP contribution in [0.4, 0.5) is 5.69 Å². The van der Waals surface area contributed by atoms with E-state index in [4.69, 9.17) is 18.9 Å². The fourth-order valence-corrected chi connectivity index (χ4v) is 4.44. The molecule has 3 aromatic carbocycles. The summed E-state index contributed by atoms with van der Waals surface area (Å²) >= 11 is 1.27. The van der Waals surface area contributed by atoms with E-state index in [0.29, 0.717) is 34.1 Å². The second kappa shape index (κ2) is 15.9. The number of carbonyl (C=O) groups excluding carboxylic acids is 4. The monoisotopic (exact) mass is 592 g/mol. The van der Waals surface area contributed by atoms with Gasteiger partial charge in [-0.15, -0.1) is 11.8 Å². The number of thioether (sulfide) groups is 1. The minimum atomic E-state index is -0.582. The van der Waals surface area contributed by atoms with Crippen molar-refractivity contribution in [3.8, 4) is 17.2 Å². The zero-order valence-corrected chi connectivity index (χ0v) is 24.5. The lowest BCUT2D eigenvalue weighted by molar-refractivity contribution is -0.145. The van der Waals surface area contributed by atoms with Gasteiger partial charge >= 0.3 is 5.97 Å². The maximum absolute atomic E-state index is 13.4. The average molecular weight is 593 g/mol. The van der Waals surface area contributed by atoms with Crippen molar-refractivity contribution in [3.63, 3.8) is 0 Å². The number of ketones is 1. The van der Waals surface area contributed by atoms with Crippen LogP contribution in [0.25, 0.3) is 6.08 Å².